The van der Waals surface area contributed by atoms with Crippen LogP contribution in [0.5, 0.6) is 0 Å². The van der Waals surface area contributed by atoms with Gasteiger partial charge in [0.1, 0.15) is 5.76 Å². The molecule has 2 aliphatic rings. The van der Waals surface area contributed by atoms with E-state index in [-0.39, 0.29) is 23.1 Å². The molecule has 3 rings (SSSR count). The second kappa shape index (κ2) is 7.80. The van der Waals surface area contributed by atoms with Crippen LogP contribution in [0.25, 0.3) is 0 Å². The van der Waals surface area contributed by atoms with Gasteiger partial charge in [-0.05, 0) is 25.7 Å². The van der Waals surface area contributed by atoms with E-state index in [2.05, 4.69) is 12.1 Å². The third-order valence-electron chi connectivity index (χ3n) is 5.79. The van der Waals surface area contributed by atoms with Crippen LogP contribution >= 0.6 is 0 Å². The molecular weight excluding hydrogens is 330 g/mol. The minimum atomic E-state index is -0.0447. The molecule has 1 spiro atoms. The van der Waals surface area contributed by atoms with Crippen LogP contribution in [0.1, 0.15) is 81.5 Å². The lowest BCUT2D eigenvalue weighted by atomic mass is 9.73. The van der Waals surface area contributed by atoms with E-state index in [0.717, 1.165) is 57.5 Å². The van der Waals surface area contributed by atoms with Crippen molar-refractivity contribution in [2.75, 3.05) is 26.2 Å². The van der Waals surface area contributed by atoms with Gasteiger partial charge in [0.2, 0.25) is 5.91 Å². The van der Waals surface area contributed by atoms with Gasteiger partial charge >= 0.3 is 0 Å². The molecule has 6 nitrogen and oxygen atoms in total. The zero-order valence-electron chi connectivity index (χ0n) is 16.3. The molecule has 0 radical (unpaired) electrons. The van der Waals surface area contributed by atoms with Crippen LogP contribution in [-0.2, 0) is 4.79 Å². The fourth-order valence-electron chi connectivity index (χ4n) is 4.19. The van der Waals surface area contributed by atoms with E-state index in [0.29, 0.717) is 18.7 Å². The summed E-state index contributed by atoms with van der Waals surface area (Å²) in [5.41, 5.74) is 0.445. The van der Waals surface area contributed by atoms with Crippen molar-refractivity contribution in [1.82, 2.24) is 15.0 Å². The topological polar surface area (TPSA) is 66.7 Å². The molecule has 3 heterocycles. The quantitative estimate of drug-likeness (QED) is 0.806. The number of unbranched alkanes of at least 4 members (excludes halogenated alkanes) is 1. The van der Waals surface area contributed by atoms with E-state index in [1.807, 2.05) is 23.6 Å². The van der Waals surface area contributed by atoms with Crippen molar-refractivity contribution in [2.45, 2.75) is 65.2 Å². The monoisotopic (exact) mass is 361 g/mol. The molecule has 2 fully saturated rings. The lowest BCUT2D eigenvalue weighted by Crippen LogP contribution is -2.55. The van der Waals surface area contributed by atoms with E-state index in [1.165, 1.54) is 0 Å². The molecule has 0 unspecified atom stereocenters. The van der Waals surface area contributed by atoms with Crippen LogP contribution < -0.4 is 0 Å². The first-order valence-electron chi connectivity index (χ1n) is 9.98. The normalized spacial score (nSPS) is 23.9. The van der Waals surface area contributed by atoms with Crippen LogP contribution in [0.15, 0.2) is 10.6 Å². The summed E-state index contributed by atoms with van der Waals surface area (Å²) in [7, 11) is 0. The number of carbonyl (C=O) groups is 2. The smallest absolute Gasteiger partial charge is 0.276 e. The Morgan fingerprint density at radius 2 is 2.15 bits per heavy atom. The first-order valence-corrected chi connectivity index (χ1v) is 9.98. The Morgan fingerprint density at radius 3 is 2.85 bits per heavy atom. The van der Waals surface area contributed by atoms with Gasteiger partial charge < -0.3 is 14.3 Å². The van der Waals surface area contributed by atoms with Gasteiger partial charge in [0.25, 0.3) is 5.91 Å². The Labute approximate surface area is 155 Å². The highest BCUT2D eigenvalue weighted by Crippen LogP contribution is 2.39. The van der Waals surface area contributed by atoms with Crippen LogP contribution in [0.2, 0.25) is 0 Å². The Bertz CT molecular complexity index is 654. The summed E-state index contributed by atoms with van der Waals surface area (Å²) in [6.45, 7) is 9.29. The maximum absolute atomic E-state index is 12.9. The summed E-state index contributed by atoms with van der Waals surface area (Å²) >= 11 is 0. The lowest BCUT2D eigenvalue weighted by molar-refractivity contribution is -0.139. The largest absolute Gasteiger partial charge is 0.360 e. The van der Waals surface area contributed by atoms with Crippen molar-refractivity contribution < 1.29 is 14.1 Å². The fraction of sp³-hybridized carbons (Fsp3) is 0.750. The van der Waals surface area contributed by atoms with Crippen molar-refractivity contribution in [3.63, 3.8) is 0 Å². The zero-order valence-corrected chi connectivity index (χ0v) is 16.3. The summed E-state index contributed by atoms with van der Waals surface area (Å²) in [5.74, 6) is 1.18. The van der Waals surface area contributed by atoms with Gasteiger partial charge in [0.15, 0.2) is 5.69 Å². The Hall–Kier alpha value is -1.85. The summed E-state index contributed by atoms with van der Waals surface area (Å²) in [6, 6.07) is 1.77. The molecule has 1 aromatic heterocycles. The van der Waals surface area contributed by atoms with Gasteiger partial charge in [-0.1, -0.05) is 32.3 Å². The second-order valence-electron chi connectivity index (χ2n) is 8.27. The van der Waals surface area contributed by atoms with Crippen molar-refractivity contribution >= 4 is 11.8 Å². The van der Waals surface area contributed by atoms with Gasteiger partial charge in [-0.2, -0.15) is 0 Å². The molecule has 2 amide bonds. The SMILES string of the molecule is CCCCN1C[C@@]2(CCCN(C(=O)c3cc(C(C)C)on3)C2)CCC1=O. The van der Waals surface area contributed by atoms with E-state index < -0.39 is 0 Å². The molecule has 6 heteroatoms. The third kappa shape index (κ3) is 3.94. The van der Waals surface area contributed by atoms with Crippen LogP contribution in [0.3, 0.4) is 0 Å². The summed E-state index contributed by atoms with van der Waals surface area (Å²) in [4.78, 5) is 29.1. The molecule has 0 aliphatic carbocycles. The van der Waals surface area contributed by atoms with E-state index in [1.54, 1.807) is 6.07 Å². The van der Waals surface area contributed by atoms with Crippen LogP contribution in [-0.4, -0.2) is 52.9 Å². The second-order valence-corrected chi connectivity index (χ2v) is 8.27. The third-order valence-corrected chi connectivity index (χ3v) is 5.79. The maximum atomic E-state index is 12.9. The highest BCUT2D eigenvalue weighted by atomic mass is 16.5. The predicted molar refractivity (Wildman–Crippen MR) is 98.9 cm³/mol. The highest BCUT2D eigenvalue weighted by Gasteiger charge is 2.43. The Balaban J connectivity index is 1.69. The molecule has 144 valence electrons. The van der Waals surface area contributed by atoms with Crippen molar-refractivity contribution in [1.29, 1.82) is 0 Å². The number of aromatic nitrogens is 1. The van der Waals surface area contributed by atoms with E-state index in [4.69, 9.17) is 4.52 Å². The molecular formula is C20H31N3O3. The fourth-order valence-corrected chi connectivity index (χ4v) is 4.19. The van der Waals surface area contributed by atoms with Gasteiger partial charge in [-0.15, -0.1) is 0 Å². The standard InChI is InChI=1S/C20H31N3O3/c1-4-5-10-22-13-20(9-7-18(22)24)8-6-11-23(14-20)19(25)16-12-17(15(2)3)26-21-16/h12,15H,4-11,13-14H2,1-3H3/t20-/m1/s1. The number of nitrogens with zero attached hydrogens (tertiary/aromatic N) is 3. The summed E-state index contributed by atoms with van der Waals surface area (Å²) in [6.07, 6.45) is 5.69. The molecule has 2 aliphatic heterocycles. The average Bonchev–Trinajstić information content (AvgIpc) is 3.13. The summed E-state index contributed by atoms with van der Waals surface area (Å²) < 4.78 is 5.30. The highest BCUT2D eigenvalue weighted by molar-refractivity contribution is 5.92. The maximum Gasteiger partial charge on any atom is 0.276 e. The molecule has 2 saturated heterocycles. The predicted octanol–water partition coefficient (Wildman–Crippen LogP) is 3.44. The Kier molecular flexibility index (Phi) is 5.68. The van der Waals surface area contributed by atoms with Crippen LogP contribution in [0.4, 0.5) is 0 Å². The summed E-state index contributed by atoms with van der Waals surface area (Å²) in [5, 5.41) is 3.98. The minimum absolute atomic E-state index is 0.0418. The average molecular weight is 361 g/mol. The first-order chi connectivity index (χ1) is 12.4. The Morgan fingerprint density at radius 1 is 1.35 bits per heavy atom. The molecule has 0 bridgehead atoms. The number of hydrogen-bond donors (Lipinski definition) is 0. The first kappa shape index (κ1) is 18.9. The number of rotatable bonds is 5. The van der Waals surface area contributed by atoms with Crippen molar-refractivity contribution in [3.8, 4) is 0 Å². The molecule has 0 saturated carbocycles. The molecule has 1 atom stereocenters. The number of piperidine rings is 2. The zero-order chi connectivity index (χ0) is 18.7. The van der Waals surface area contributed by atoms with E-state index in [9.17, 15) is 9.59 Å². The van der Waals surface area contributed by atoms with Gasteiger partial charge in [-0.3, -0.25) is 9.59 Å². The van der Waals surface area contributed by atoms with E-state index >= 15 is 0 Å². The van der Waals surface area contributed by atoms with Crippen LogP contribution in [0, 0.1) is 5.41 Å². The molecule has 0 N–H and O–H groups in total. The van der Waals surface area contributed by atoms with Gasteiger partial charge in [-0.25, -0.2) is 0 Å². The minimum Gasteiger partial charge on any atom is -0.360 e. The molecule has 26 heavy (non-hydrogen) atoms. The number of hydrogen-bond acceptors (Lipinski definition) is 4. The number of amides is 2. The van der Waals surface area contributed by atoms with Gasteiger partial charge in [0, 0.05) is 50.0 Å². The van der Waals surface area contributed by atoms with Crippen molar-refractivity contribution in [2.24, 2.45) is 5.41 Å². The molecule has 0 aromatic carbocycles. The number of likely N-dealkylation sites (tertiary alicyclic amines) is 2. The lowest BCUT2D eigenvalue weighted by Gasteiger charge is -2.48. The number of carbonyl (C=O) groups excluding carboxylic acids is 2. The van der Waals surface area contributed by atoms with Gasteiger partial charge in [0.05, 0.1) is 0 Å². The molecule has 1 aromatic rings. The van der Waals surface area contributed by atoms with Crippen molar-refractivity contribution in [3.05, 3.63) is 17.5 Å².